The van der Waals surface area contributed by atoms with E-state index in [2.05, 4.69) is 199 Å². The third-order valence-electron chi connectivity index (χ3n) is 12.1. The largest absolute Gasteiger partial charge is 0.308 e. The highest BCUT2D eigenvalue weighted by molar-refractivity contribution is 6.26. The van der Waals surface area contributed by atoms with Crippen LogP contribution in [0.25, 0.3) is 81.8 Å². The monoisotopic (exact) mass is 684 g/mol. The van der Waals surface area contributed by atoms with Crippen LogP contribution in [0.4, 0.5) is 0 Å². The fourth-order valence-electron chi connectivity index (χ4n) is 9.94. The van der Waals surface area contributed by atoms with Crippen molar-refractivity contribution < 1.29 is 0 Å². The van der Waals surface area contributed by atoms with Crippen molar-refractivity contribution >= 4 is 65.0 Å². The van der Waals surface area contributed by atoms with Crippen molar-refractivity contribution in [3.05, 3.63) is 217 Å². The van der Waals surface area contributed by atoms with Gasteiger partial charge in [0, 0.05) is 33.6 Å². The molecule has 0 fully saturated rings. The summed E-state index contributed by atoms with van der Waals surface area (Å²) < 4.78 is 2.49. The van der Waals surface area contributed by atoms with E-state index >= 15 is 0 Å². The van der Waals surface area contributed by atoms with Crippen LogP contribution in [-0.2, 0) is 5.41 Å². The molecule has 12 rings (SSSR count). The predicted octanol–water partition coefficient (Wildman–Crippen LogP) is 13.2. The quantitative estimate of drug-likeness (QED) is 0.169. The fraction of sp³-hybridized carbons (Fsp3) is 0.0192. The molecule has 54 heavy (non-hydrogen) atoms. The van der Waals surface area contributed by atoms with Crippen molar-refractivity contribution in [2.75, 3.05) is 0 Å². The lowest BCUT2D eigenvalue weighted by Gasteiger charge is -2.34. The van der Waals surface area contributed by atoms with Gasteiger partial charge in [-0.05, 0) is 78.3 Å². The molecule has 2 heteroatoms. The summed E-state index contributed by atoms with van der Waals surface area (Å²) in [5.41, 5.74) is 11.5. The SMILES string of the molecule is c1ccc(C2(c3ccccc3)c3ccccc3-c3ccc4c(ncc5c6ccccc6n(-c6ccc7c8ccccc8c8ccccc8c7c6)c45)c32)cc1. The maximum atomic E-state index is 5.48. The van der Waals surface area contributed by atoms with Gasteiger partial charge in [0.2, 0.25) is 0 Å². The number of pyridine rings is 1. The zero-order chi connectivity index (χ0) is 35.4. The van der Waals surface area contributed by atoms with Crippen LogP contribution in [-0.4, -0.2) is 9.55 Å². The molecule has 0 bridgehead atoms. The van der Waals surface area contributed by atoms with Gasteiger partial charge < -0.3 is 4.57 Å². The zero-order valence-corrected chi connectivity index (χ0v) is 29.4. The van der Waals surface area contributed by atoms with Gasteiger partial charge in [0.1, 0.15) is 0 Å². The number of hydrogen-bond acceptors (Lipinski definition) is 1. The molecule has 2 nitrogen and oxygen atoms in total. The van der Waals surface area contributed by atoms with Gasteiger partial charge >= 0.3 is 0 Å². The Morgan fingerprint density at radius 3 is 1.61 bits per heavy atom. The highest BCUT2D eigenvalue weighted by Crippen LogP contribution is 2.58. The number of benzene rings is 9. The van der Waals surface area contributed by atoms with Crippen molar-refractivity contribution in [1.82, 2.24) is 9.55 Å². The van der Waals surface area contributed by atoms with Crippen LogP contribution in [0.15, 0.2) is 194 Å². The van der Waals surface area contributed by atoms with Crippen molar-refractivity contribution in [2.45, 2.75) is 5.41 Å². The van der Waals surface area contributed by atoms with Gasteiger partial charge in [-0.25, -0.2) is 0 Å². The molecule has 0 radical (unpaired) electrons. The number of para-hydroxylation sites is 1. The summed E-state index contributed by atoms with van der Waals surface area (Å²) in [6.07, 6.45) is 2.13. The van der Waals surface area contributed by atoms with Crippen molar-refractivity contribution in [3.63, 3.8) is 0 Å². The Balaban J connectivity index is 1.24. The van der Waals surface area contributed by atoms with E-state index in [4.69, 9.17) is 4.98 Å². The molecule has 0 N–H and O–H groups in total. The molecule has 250 valence electrons. The zero-order valence-electron chi connectivity index (χ0n) is 29.4. The number of hydrogen-bond donors (Lipinski definition) is 0. The highest BCUT2D eigenvalue weighted by atomic mass is 15.0. The molecule has 0 atom stereocenters. The lowest BCUT2D eigenvalue weighted by molar-refractivity contribution is 0.773. The van der Waals surface area contributed by atoms with E-state index < -0.39 is 5.41 Å². The molecule has 11 aromatic rings. The van der Waals surface area contributed by atoms with Gasteiger partial charge in [-0.15, -0.1) is 0 Å². The molecule has 2 heterocycles. The van der Waals surface area contributed by atoms with Gasteiger partial charge in [0.05, 0.1) is 22.0 Å². The molecule has 9 aromatic carbocycles. The smallest absolute Gasteiger partial charge is 0.0777 e. The highest BCUT2D eigenvalue weighted by Gasteiger charge is 2.47. The van der Waals surface area contributed by atoms with Crippen LogP contribution in [0.1, 0.15) is 22.3 Å². The minimum Gasteiger partial charge on any atom is -0.308 e. The first-order valence-electron chi connectivity index (χ1n) is 18.7. The fourth-order valence-corrected chi connectivity index (χ4v) is 9.94. The molecule has 1 aliphatic rings. The molecule has 0 unspecified atom stereocenters. The first-order valence-corrected chi connectivity index (χ1v) is 18.7. The molecule has 0 aliphatic heterocycles. The van der Waals surface area contributed by atoms with E-state index in [0.29, 0.717) is 0 Å². The van der Waals surface area contributed by atoms with E-state index in [9.17, 15) is 0 Å². The Labute approximate surface area is 312 Å². The van der Waals surface area contributed by atoms with Crippen LogP contribution < -0.4 is 0 Å². The van der Waals surface area contributed by atoms with Crippen molar-refractivity contribution in [2.24, 2.45) is 0 Å². The number of rotatable bonds is 3. The second kappa shape index (κ2) is 11.0. The topological polar surface area (TPSA) is 17.8 Å². The van der Waals surface area contributed by atoms with Crippen LogP contribution in [0.3, 0.4) is 0 Å². The molecule has 0 spiro atoms. The first-order chi connectivity index (χ1) is 26.8. The van der Waals surface area contributed by atoms with Gasteiger partial charge in [-0.3, -0.25) is 4.98 Å². The number of nitrogens with zero attached hydrogens (tertiary/aromatic N) is 2. The average molecular weight is 685 g/mol. The van der Waals surface area contributed by atoms with E-state index in [-0.39, 0.29) is 0 Å². The van der Waals surface area contributed by atoms with E-state index in [1.807, 2.05) is 0 Å². The van der Waals surface area contributed by atoms with Gasteiger partial charge in [0.15, 0.2) is 0 Å². The molecule has 0 saturated heterocycles. The molecule has 2 aromatic heterocycles. The molecular formula is C52H32N2. The summed E-state index contributed by atoms with van der Waals surface area (Å²) in [6, 6.07) is 69.2. The van der Waals surface area contributed by atoms with Crippen LogP contribution >= 0.6 is 0 Å². The lowest BCUT2D eigenvalue weighted by Crippen LogP contribution is -2.29. The van der Waals surface area contributed by atoms with Crippen molar-refractivity contribution in [1.29, 1.82) is 0 Å². The first kappa shape index (κ1) is 29.5. The summed E-state index contributed by atoms with van der Waals surface area (Å²) >= 11 is 0. The van der Waals surface area contributed by atoms with Crippen molar-refractivity contribution in [3.8, 4) is 16.8 Å². The Kier molecular flexibility index (Phi) is 6.01. The summed E-state index contributed by atoms with van der Waals surface area (Å²) in [4.78, 5) is 5.48. The Hall–Kier alpha value is -7.03. The molecule has 0 saturated carbocycles. The average Bonchev–Trinajstić information content (AvgIpc) is 3.76. The normalized spacial score (nSPS) is 13.3. The van der Waals surface area contributed by atoms with E-state index in [1.54, 1.807) is 0 Å². The van der Waals surface area contributed by atoms with Crippen LogP contribution in [0.5, 0.6) is 0 Å². The standard InChI is InChI=1S/C52H32N2/c1-3-15-33(16-4-1)52(34-17-5-2-6-18-34)47-25-13-11-23-41(47)43-29-30-44-50(49(43)52)53-32-46-42-24-12-14-26-48(42)54(51(44)46)35-27-28-40-38-21-8-7-19-36(38)37-20-9-10-22-39(37)45(40)31-35/h1-32H. The maximum Gasteiger partial charge on any atom is 0.0777 e. The summed E-state index contributed by atoms with van der Waals surface area (Å²) in [5.74, 6) is 0. The molecule has 1 aliphatic carbocycles. The maximum absolute atomic E-state index is 5.48. The Morgan fingerprint density at radius 2 is 0.926 bits per heavy atom. The second-order valence-corrected chi connectivity index (χ2v) is 14.6. The van der Waals surface area contributed by atoms with Crippen LogP contribution in [0.2, 0.25) is 0 Å². The number of aromatic nitrogens is 2. The van der Waals surface area contributed by atoms with Gasteiger partial charge in [-0.1, -0.05) is 170 Å². The van der Waals surface area contributed by atoms with Gasteiger partial charge in [-0.2, -0.15) is 0 Å². The molecule has 0 amide bonds. The summed E-state index contributed by atoms with van der Waals surface area (Å²) in [7, 11) is 0. The van der Waals surface area contributed by atoms with E-state index in [1.165, 1.54) is 82.1 Å². The minimum absolute atomic E-state index is 0.547. The summed E-state index contributed by atoms with van der Waals surface area (Å²) in [6.45, 7) is 0. The van der Waals surface area contributed by atoms with E-state index in [0.717, 1.165) is 22.0 Å². The Morgan fingerprint density at radius 1 is 0.389 bits per heavy atom. The molecular weight excluding hydrogens is 653 g/mol. The number of fused-ring (bicyclic) bond motifs is 15. The van der Waals surface area contributed by atoms with Gasteiger partial charge in [0.25, 0.3) is 0 Å². The predicted molar refractivity (Wildman–Crippen MR) is 226 cm³/mol. The Bertz CT molecular complexity index is 3240. The third kappa shape index (κ3) is 3.76. The second-order valence-electron chi connectivity index (χ2n) is 14.6. The third-order valence-corrected chi connectivity index (χ3v) is 12.1. The van der Waals surface area contributed by atoms with Crippen LogP contribution in [0, 0.1) is 0 Å². The minimum atomic E-state index is -0.547. The lowest BCUT2D eigenvalue weighted by atomic mass is 9.67. The summed E-state index contributed by atoms with van der Waals surface area (Å²) in [5, 5.41) is 11.2.